The molecule has 0 spiro atoms. The van der Waals surface area contributed by atoms with Crippen molar-refractivity contribution in [2.24, 2.45) is 0 Å². The molecule has 0 aliphatic heterocycles. The quantitative estimate of drug-likeness (QED) is 0.305. The minimum absolute atomic E-state index is 0.00405. The Balaban J connectivity index is 1.75. The number of rotatable bonds is 12. The summed E-state index contributed by atoms with van der Waals surface area (Å²) in [4.78, 5) is 12.9. The van der Waals surface area contributed by atoms with E-state index in [0.717, 1.165) is 26.7 Å². The van der Waals surface area contributed by atoms with E-state index in [4.69, 9.17) is 21.1 Å². The number of hydrogen-bond donors (Lipinski definition) is 1. The van der Waals surface area contributed by atoms with Gasteiger partial charge in [0.25, 0.3) is 10.0 Å². The molecule has 0 bridgehead atoms. The second kappa shape index (κ2) is 13.1. The van der Waals surface area contributed by atoms with Gasteiger partial charge in [-0.15, -0.1) is 0 Å². The zero-order chi connectivity index (χ0) is 27.0. The third-order valence-corrected chi connectivity index (χ3v) is 8.53. The van der Waals surface area contributed by atoms with Gasteiger partial charge in [0.2, 0.25) is 5.91 Å². The van der Waals surface area contributed by atoms with Crippen LogP contribution in [0.25, 0.3) is 0 Å². The molecule has 3 aromatic carbocycles. The third kappa shape index (κ3) is 7.80. The van der Waals surface area contributed by atoms with E-state index >= 15 is 0 Å². The van der Waals surface area contributed by atoms with Crippen LogP contribution in [-0.2, 0) is 20.6 Å². The number of carbonyl (C=O) groups is 1. The molecular weight excluding hydrogens is 532 g/mol. The van der Waals surface area contributed by atoms with E-state index in [1.165, 1.54) is 32.4 Å². The number of aryl methyl sites for hydroxylation is 2. The molecule has 10 heteroatoms. The maximum absolute atomic E-state index is 13.8. The lowest BCUT2D eigenvalue weighted by Gasteiger charge is -2.25. The first-order valence-electron chi connectivity index (χ1n) is 11.6. The van der Waals surface area contributed by atoms with Crippen molar-refractivity contribution in [1.82, 2.24) is 5.32 Å². The van der Waals surface area contributed by atoms with Crippen LogP contribution < -0.4 is 19.1 Å². The molecule has 0 heterocycles. The van der Waals surface area contributed by atoms with Gasteiger partial charge in [0, 0.05) is 29.1 Å². The Morgan fingerprint density at radius 1 is 0.946 bits per heavy atom. The van der Waals surface area contributed by atoms with Crippen LogP contribution in [-0.4, -0.2) is 47.4 Å². The first kappa shape index (κ1) is 28.7. The highest BCUT2D eigenvalue weighted by Gasteiger charge is 2.28. The minimum Gasteiger partial charge on any atom is -0.493 e. The van der Waals surface area contributed by atoms with Crippen molar-refractivity contribution < 1.29 is 22.7 Å². The summed E-state index contributed by atoms with van der Waals surface area (Å²) in [6.45, 7) is 3.82. The summed E-state index contributed by atoms with van der Waals surface area (Å²) in [5, 5.41) is 3.53. The summed E-state index contributed by atoms with van der Waals surface area (Å²) < 4.78 is 39.2. The molecule has 198 valence electrons. The summed E-state index contributed by atoms with van der Waals surface area (Å²) in [5.41, 5.74) is 3.34. The molecule has 0 aliphatic carbocycles. The van der Waals surface area contributed by atoms with Gasteiger partial charge in [0.05, 0.1) is 24.8 Å². The number of nitrogens with one attached hydrogen (secondary N) is 1. The number of halogens is 1. The van der Waals surface area contributed by atoms with E-state index in [-0.39, 0.29) is 17.2 Å². The summed E-state index contributed by atoms with van der Waals surface area (Å²) in [6.07, 6.45) is 0. The van der Waals surface area contributed by atoms with Crippen LogP contribution in [0.15, 0.2) is 65.6 Å². The summed E-state index contributed by atoms with van der Waals surface area (Å²) in [7, 11) is -1.18. The van der Waals surface area contributed by atoms with Gasteiger partial charge in [0.15, 0.2) is 11.5 Å². The van der Waals surface area contributed by atoms with Crippen LogP contribution in [0.5, 0.6) is 11.5 Å². The first-order valence-corrected chi connectivity index (χ1v) is 14.5. The number of thioether (sulfide) groups is 1. The number of amides is 1. The van der Waals surface area contributed by atoms with Gasteiger partial charge in [-0.3, -0.25) is 9.10 Å². The van der Waals surface area contributed by atoms with Crippen LogP contribution in [0.1, 0.15) is 16.7 Å². The van der Waals surface area contributed by atoms with Crippen LogP contribution >= 0.6 is 23.4 Å². The Hall–Kier alpha value is -2.88. The van der Waals surface area contributed by atoms with Gasteiger partial charge in [0.1, 0.15) is 6.54 Å². The maximum atomic E-state index is 13.8. The monoisotopic (exact) mass is 562 g/mol. The standard InChI is InChI=1S/C27H31ClN2O5S2/c1-19-13-20(2)15-23(14-19)30(37(32,33)24-9-10-25(34-3)26(16-24)35-4)17-27(31)29-11-12-36-18-21-5-7-22(28)8-6-21/h5-10,13-16H,11-12,17-18H2,1-4H3,(H,29,31). The second-order valence-electron chi connectivity index (χ2n) is 8.40. The van der Waals surface area contributed by atoms with Crippen LogP contribution in [0.2, 0.25) is 5.02 Å². The number of anilines is 1. The minimum atomic E-state index is -4.09. The fourth-order valence-electron chi connectivity index (χ4n) is 3.73. The molecule has 0 fully saturated rings. The van der Waals surface area contributed by atoms with Crippen molar-refractivity contribution in [3.63, 3.8) is 0 Å². The molecule has 0 saturated heterocycles. The third-order valence-electron chi connectivity index (χ3n) is 5.48. The predicted molar refractivity (Wildman–Crippen MR) is 151 cm³/mol. The normalized spacial score (nSPS) is 11.2. The second-order valence-corrected chi connectivity index (χ2v) is 11.8. The topological polar surface area (TPSA) is 84.9 Å². The van der Waals surface area contributed by atoms with Gasteiger partial charge in [-0.2, -0.15) is 11.8 Å². The lowest BCUT2D eigenvalue weighted by molar-refractivity contribution is -0.119. The fourth-order valence-corrected chi connectivity index (χ4v) is 6.10. The van der Waals surface area contributed by atoms with Crippen molar-refractivity contribution in [2.45, 2.75) is 24.5 Å². The number of nitrogens with zero attached hydrogens (tertiary/aromatic N) is 1. The summed E-state index contributed by atoms with van der Waals surface area (Å²) in [6, 6.07) is 17.4. The zero-order valence-corrected chi connectivity index (χ0v) is 23.7. The van der Waals surface area contributed by atoms with Crippen molar-refractivity contribution >= 4 is 45.0 Å². The van der Waals surface area contributed by atoms with Crippen molar-refractivity contribution in [3.05, 3.63) is 82.4 Å². The van der Waals surface area contributed by atoms with Gasteiger partial charge < -0.3 is 14.8 Å². The molecule has 0 unspecified atom stereocenters. The molecule has 0 radical (unpaired) electrons. The van der Waals surface area contributed by atoms with E-state index < -0.39 is 15.9 Å². The van der Waals surface area contributed by atoms with E-state index in [1.807, 2.05) is 44.2 Å². The molecule has 0 saturated carbocycles. The van der Waals surface area contributed by atoms with Crippen LogP contribution in [0.4, 0.5) is 5.69 Å². The Morgan fingerprint density at radius 2 is 1.59 bits per heavy atom. The lowest BCUT2D eigenvalue weighted by atomic mass is 10.1. The average Bonchev–Trinajstić information content (AvgIpc) is 2.87. The maximum Gasteiger partial charge on any atom is 0.264 e. The summed E-state index contributed by atoms with van der Waals surface area (Å²) >= 11 is 7.59. The molecular formula is C27H31ClN2O5S2. The molecule has 1 amide bonds. The highest BCUT2D eigenvalue weighted by atomic mass is 35.5. The smallest absolute Gasteiger partial charge is 0.264 e. The molecule has 0 aromatic heterocycles. The van der Waals surface area contributed by atoms with Crippen molar-refractivity contribution in [3.8, 4) is 11.5 Å². The highest BCUT2D eigenvalue weighted by Crippen LogP contribution is 2.32. The van der Waals surface area contributed by atoms with Gasteiger partial charge in [-0.25, -0.2) is 8.42 Å². The molecule has 3 aromatic rings. The molecule has 3 rings (SSSR count). The number of benzene rings is 3. The average molecular weight is 563 g/mol. The first-order chi connectivity index (χ1) is 17.6. The van der Waals surface area contributed by atoms with Crippen LogP contribution in [0.3, 0.4) is 0 Å². The number of ether oxygens (including phenoxy) is 2. The molecule has 37 heavy (non-hydrogen) atoms. The van der Waals surface area contributed by atoms with Gasteiger partial charge in [-0.05, 0) is 66.9 Å². The molecule has 1 N–H and O–H groups in total. The SMILES string of the molecule is COc1ccc(S(=O)(=O)N(CC(=O)NCCSCc2ccc(Cl)cc2)c2cc(C)cc(C)c2)cc1OC. The number of methoxy groups -OCH3 is 2. The predicted octanol–water partition coefficient (Wildman–Crippen LogP) is 5.22. The Morgan fingerprint density at radius 3 is 2.22 bits per heavy atom. The lowest BCUT2D eigenvalue weighted by Crippen LogP contribution is -2.41. The van der Waals surface area contributed by atoms with E-state index in [0.29, 0.717) is 28.8 Å². The summed E-state index contributed by atoms with van der Waals surface area (Å²) in [5.74, 6) is 1.77. The molecule has 7 nitrogen and oxygen atoms in total. The molecule has 0 aliphatic rings. The zero-order valence-electron chi connectivity index (χ0n) is 21.3. The van der Waals surface area contributed by atoms with Crippen molar-refractivity contribution in [2.75, 3.05) is 37.4 Å². The fraction of sp³-hybridized carbons (Fsp3) is 0.296. The Labute approximate surface area is 228 Å². The van der Waals surface area contributed by atoms with E-state index in [9.17, 15) is 13.2 Å². The van der Waals surface area contributed by atoms with E-state index in [2.05, 4.69) is 5.32 Å². The molecule has 0 atom stereocenters. The number of sulfonamides is 1. The van der Waals surface area contributed by atoms with Gasteiger partial charge in [-0.1, -0.05) is 29.8 Å². The van der Waals surface area contributed by atoms with Crippen LogP contribution in [0, 0.1) is 13.8 Å². The van der Waals surface area contributed by atoms with Crippen molar-refractivity contribution in [1.29, 1.82) is 0 Å². The Kier molecular flexibility index (Phi) is 10.1. The highest BCUT2D eigenvalue weighted by molar-refractivity contribution is 7.98. The number of hydrogen-bond acceptors (Lipinski definition) is 6. The number of carbonyl (C=O) groups excluding carboxylic acids is 1. The largest absolute Gasteiger partial charge is 0.493 e. The van der Waals surface area contributed by atoms with Gasteiger partial charge >= 0.3 is 0 Å². The van der Waals surface area contributed by atoms with E-state index in [1.54, 1.807) is 23.9 Å². The Bertz CT molecular complexity index is 1310.